The second-order valence-corrected chi connectivity index (χ2v) is 14.5. The van der Waals surface area contributed by atoms with Gasteiger partial charge in [0.25, 0.3) is 0 Å². The Morgan fingerprint density at radius 2 is 1.00 bits per heavy atom. The molecular formula is C53H35N3W. The number of para-hydroxylation sites is 2. The number of benzene rings is 9. The van der Waals surface area contributed by atoms with Crippen LogP contribution in [0.25, 0.3) is 87.6 Å². The van der Waals surface area contributed by atoms with Crippen molar-refractivity contribution in [2.75, 3.05) is 0 Å². The molecule has 3 heterocycles. The van der Waals surface area contributed by atoms with E-state index in [0.29, 0.717) is 0 Å². The topological polar surface area (TPSA) is 33.1 Å². The van der Waals surface area contributed by atoms with Gasteiger partial charge in [0.1, 0.15) is 0 Å². The van der Waals surface area contributed by atoms with E-state index in [1.54, 1.807) is 0 Å². The largest absolute Gasteiger partial charge is 2.00 e. The molecule has 0 spiro atoms. The maximum atomic E-state index is 4.83. The Balaban J connectivity index is 0.000000222. The van der Waals surface area contributed by atoms with Crippen LogP contribution in [0.4, 0.5) is 5.69 Å². The molecule has 1 aliphatic rings. The van der Waals surface area contributed by atoms with Gasteiger partial charge in [-0.25, -0.2) is 0 Å². The number of fused-ring (bicyclic) bond motifs is 9. The SMILES string of the molecule is [W+2].c1ccc(-c2ccc(-n3c4ccc(-c5ccc6[n-]c7ccccc7c6c5)cc4c4c5ccccc5ccc43)cc2)cc1.c1ccc(C2[N-]c3ccccc32)cc1. The summed E-state index contributed by atoms with van der Waals surface area (Å²) in [6.45, 7) is 0. The Labute approximate surface area is 345 Å². The Bertz CT molecular complexity index is 3220. The minimum absolute atomic E-state index is 0. The molecule has 12 rings (SSSR count). The zero-order valence-electron chi connectivity index (χ0n) is 31.0. The number of nitrogens with zero attached hydrogens (tertiary/aromatic N) is 3. The van der Waals surface area contributed by atoms with E-state index in [2.05, 4.69) is 204 Å². The first-order chi connectivity index (χ1) is 27.8. The fourth-order valence-electron chi connectivity index (χ4n) is 8.51. The summed E-state index contributed by atoms with van der Waals surface area (Å²) in [7, 11) is 0. The van der Waals surface area contributed by atoms with Crippen molar-refractivity contribution >= 4 is 60.1 Å². The summed E-state index contributed by atoms with van der Waals surface area (Å²) in [5.74, 6) is 0. The predicted molar refractivity (Wildman–Crippen MR) is 235 cm³/mol. The first-order valence-corrected chi connectivity index (χ1v) is 19.2. The van der Waals surface area contributed by atoms with Crippen LogP contribution in [-0.4, -0.2) is 4.57 Å². The van der Waals surface area contributed by atoms with Gasteiger partial charge in [0.2, 0.25) is 0 Å². The van der Waals surface area contributed by atoms with Gasteiger partial charge in [0, 0.05) is 16.5 Å². The summed E-state index contributed by atoms with van der Waals surface area (Å²) in [5, 5.41) is 12.0. The second kappa shape index (κ2) is 14.4. The van der Waals surface area contributed by atoms with Gasteiger partial charge < -0.3 is 14.9 Å². The van der Waals surface area contributed by atoms with Crippen LogP contribution in [-0.2, 0) is 21.1 Å². The van der Waals surface area contributed by atoms with Gasteiger partial charge in [-0.15, -0.1) is 16.7 Å². The normalized spacial score (nSPS) is 13.1. The van der Waals surface area contributed by atoms with Crippen molar-refractivity contribution in [2.45, 2.75) is 6.04 Å². The number of hydrogen-bond acceptors (Lipinski definition) is 0. The summed E-state index contributed by atoms with van der Waals surface area (Å²) >= 11 is 0. The molecule has 0 saturated heterocycles. The molecule has 1 aliphatic heterocycles. The minimum Gasteiger partial charge on any atom is -0.674 e. The van der Waals surface area contributed by atoms with Crippen LogP contribution in [0, 0.1) is 0 Å². The maximum Gasteiger partial charge on any atom is 2.00 e. The third-order valence-corrected chi connectivity index (χ3v) is 11.3. The summed E-state index contributed by atoms with van der Waals surface area (Å²) < 4.78 is 2.41. The zero-order valence-corrected chi connectivity index (χ0v) is 33.9. The molecule has 0 aliphatic carbocycles. The third kappa shape index (κ3) is 6.03. The Hall–Kier alpha value is -6.67. The van der Waals surface area contributed by atoms with Crippen LogP contribution >= 0.6 is 0 Å². The summed E-state index contributed by atoms with van der Waals surface area (Å²) in [6, 6.07) is 73.7. The molecule has 2 aromatic heterocycles. The van der Waals surface area contributed by atoms with Crippen LogP contribution in [0.15, 0.2) is 206 Å². The average molecular weight is 898 g/mol. The van der Waals surface area contributed by atoms with E-state index < -0.39 is 0 Å². The smallest absolute Gasteiger partial charge is 0.674 e. The summed E-state index contributed by atoms with van der Waals surface area (Å²) in [5.41, 5.74) is 14.3. The van der Waals surface area contributed by atoms with E-state index >= 15 is 0 Å². The van der Waals surface area contributed by atoms with E-state index in [-0.39, 0.29) is 27.1 Å². The first kappa shape index (κ1) is 34.8. The zero-order chi connectivity index (χ0) is 37.0. The van der Waals surface area contributed by atoms with Gasteiger partial charge in [-0.1, -0.05) is 187 Å². The van der Waals surface area contributed by atoms with Crippen molar-refractivity contribution < 1.29 is 21.1 Å². The molecular weight excluding hydrogens is 862 g/mol. The number of hydrogen-bond donors (Lipinski definition) is 0. The van der Waals surface area contributed by atoms with Crippen LogP contribution in [0.2, 0.25) is 0 Å². The number of aromatic nitrogens is 2. The molecule has 268 valence electrons. The summed E-state index contributed by atoms with van der Waals surface area (Å²) in [6.07, 6.45) is 0. The van der Waals surface area contributed by atoms with Crippen LogP contribution in [0.3, 0.4) is 0 Å². The van der Waals surface area contributed by atoms with Gasteiger partial charge in [-0.05, 0) is 80.2 Å². The van der Waals surface area contributed by atoms with Crippen molar-refractivity contribution in [3.8, 4) is 27.9 Å². The molecule has 0 N–H and O–H groups in total. The van der Waals surface area contributed by atoms with E-state index in [0.717, 1.165) is 22.4 Å². The van der Waals surface area contributed by atoms with Crippen LogP contribution < -0.4 is 4.98 Å². The van der Waals surface area contributed by atoms with Gasteiger partial charge >= 0.3 is 21.1 Å². The van der Waals surface area contributed by atoms with Crippen LogP contribution in [0.1, 0.15) is 17.2 Å². The third-order valence-electron chi connectivity index (χ3n) is 11.3. The van der Waals surface area contributed by atoms with E-state index in [9.17, 15) is 0 Å². The molecule has 57 heavy (non-hydrogen) atoms. The minimum atomic E-state index is 0. The average Bonchev–Trinajstić information content (AvgIpc) is 3.80. The molecule has 9 aromatic carbocycles. The fraction of sp³-hybridized carbons (Fsp3) is 0.0189. The van der Waals surface area contributed by atoms with Gasteiger partial charge in [0.15, 0.2) is 0 Å². The molecule has 4 heteroatoms. The molecule has 0 radical (unpaired) electrons. The Morgan fingerprint density at radius 3 is 1.81 bits per heavy atom. The first-order valence-electron chi connectivity index (χ1n) is 19.2. The van der Waals surface area contributed by atoms with Crippen molar-refractivity contribution in [3.05, 3.63) is 223 Å². The summed E-state index contributed by atoms with van der Waals surface area (Å²) in [4.78, 5) is 4.83. The van der Waals surface area contributed by atoms with Crippen molar-refractivity contribution in [1.29, 1.82) is 0 Å². The van der Waals surface area contributed by atoms with E-state index in [1.165, 1.54) is 76.7 Å². The number of rotatable bonds is 4. The monoisotopic (exact) mass is 897 g/mol. The molecule has 1 atom stereocenters. The van der Waals surface area contributed by atoms with Gasteiger partial charge in [0.05, 0.1) is 11.0 Å². The molecule has 0 saturated carbocycles. The Kier molecular flexibility index (Phi) is 8.81. The molecule has 3 nitrogen and oxygen atoms in total. The van der Waals surface area contributed by atoms with Gasteiger partial charge in [-0.3, -0.25) is 0 Å². The van der Waals surface area contributed by atoms with Crippen molar-refractivity contribution in [2.24, 2.45) is 0 Å². The maximum absolute atomic E-state index is 4.83. The predicted octanol–water partition coefficient (Wildman–Crippen LogP) is 14.3. The molecule has 0 bridgehead atoms. The molecule has 0 amide bonds. The van der Waals surface area contributed by atoms with E-state index in [1.807, 2.05) is 12.1 Å². The van der Waals surface area contributed by atoms with Crippen LogP contribution in [0.5, 0.6) is 0 Å². The molecule has 0 fully saturated rings. The van der Waals surface area contributed by atoms with Crippen molar-refractivity contribution in [1.82, 2.24) is 9.55 Å². The van der Waals surface area contributed by atoms with E-state index in [4.69, 9.17) is 4.98 Å². The Morgan fingerprint density at radius 1 is 0.404 bits per heavy atom. The standard InChI is InChI=1S/C40H25N2.C13H10N.W/c1-2-8-26(9-3-1)27-14-19-31(20-15-27)42-38-22-18-30(25-35(38)40-32-11-5-4-10-28(32)17-23-39(40)42)29-16-21-37-34(24-29)33-12-6-7-13-36(33)41-37;1-2-6-10(7-3-1)13-11-8-4-5-9-12(11)14-13;/h1-25H;1-9,13H;/q2*-1;+2. The fourth-order valence-corrected chi connectivity index (χ4v) is 8.51. The van der Waals surface area contributed by atoms with Gasteiger partial charge in [-0.2, -0.15) is 0 Å². The second-order valence-electron chi connectivity index (χ2n) is 14.5. The van der Waals surface area contributed by atoms with Crippen molar-refractivity contribution in [3.63, 3.8) is 0 Å². The molecule has 11 aromatic rings. The quantitative estimate of drug-likeness (QED) is 0.173. The molecule has 1 unspecified atom stereocenters.